The molecular formula is C9H7BrFNO2. The molecule has 74 valence electrons. The van der Waals surface area contributed by atoms with Crippen molar-refractivity contribution in [3.05, 3.63) is 21.9 Å². The Kier molecular flexibility index (Phi) is 3.31. The third-order valence-corrected chi connectivity index (χ3v) is 2.45. The molecule has 0 aliphatic heterocycles. The summed E-state index contributed by atoms with van der Waals surface area (Å²) in [5.74, 6) is -0.132. The summed E-state index contributed by atoms with van der Waals surface area (Å²) < 4.78 is 23.1. The van der Waals surface area contributed by atoms with Crippen molar-refractivity contribution in [3.63, 3.8) is 0 Å². The maximum Gasteiger partial charge on any atom is 0.179 e. The van der Waals surface area contributed by atoms with E-state index in [-0.39, 0.29) is 21.5 Å². The third kappa shape index (κ3) is 1.66. The fourth-order valence-corrected chi connectivity index (χ4v) is 1.42. The number of ether oxygens (including phenoxy) is 2. The molecular weight excluding hydrogens is 253 g/mol. The zero-order valence-electron chi connectivity index (χ0n) is 7.60. The molecule has 0 spiro atoms. The van der Waals surface area contributed by atoms with E-state index in [0.29, 0.717) is 0 Å². The lowest BCUT2D eigenvalue weighted by Gasteiger charge is -2.10. The van der Waals surface area contributed by atoms with Crippen molar-refractivity contribution in [2.75, 3.05) is 14.2 Å². The minimum Gasteiger partial charge on any atom is -0.493 e. The smallest absolute Gasteiger partial charge is 0.179 e. The van der Waals surface area contributed by atoms with Crippen LogP contribution in [0, 0.1) is 17.1 Å². The molecule has 0 radical (unpaired) electrons. The first-order chi connectivity index (χ1) is 6.65. The summed E-state index contributed by atoms with van der Waals surface area (Å²) in [5, 5.41) is 8.79. The quantitative estimate of drug-likeness (QED) is 0.820. The molecule has 0 saturated heterocycles. The molecule has 0 N–H and O–H groups in total. The Morgan fingerprint density at radius 3 is 2.50 bits per heavy atom. The molecule has 0 fully saturated rings. The molecule has 0 atom stereocenters. The zero-order valence-corrected chi connectivity index (χ0v) is 9.18. The fraction of sp³-hybridized carbons (Fsp3) is 0.222. The molecule has 0 unspecified atom stereocenters. The van der Waals surface area contributed by atoms with E-state index in [1.807, 2.05) is 6.07 Å². The van der Waals surface area contributed by atoms with Gasteiger partial charge in [0.15, 0.2) is 11.5 Å². The normalized spacial score (nSPS) is 9.36. The molecule has 0 heterocycles. The number of hydrogen-bond donors (Lipinski definition) is 0. The largest absolute Gasteiger partial charge is 0.493 e. The molecule has 1 aromatic rings. The monoisotopic (exact) mass is 259 g/mol. The number of nitrogens with zero attached hydrogens (tertiary/aromatic N) is 1. The van der Waals surface area contributed by atoms with Gasteiger partial charge in [-0.2, -0.15) is 5.26 Å². The minimum absolute atomic E-state index is 0.0812. The third-order valence-electron chi connectivity index (χ3n) is 1.67. The molecule has 0 aliphatic rings. The molecule has 1 aromatic carbocycles. The second kappa shape index (κ2) is 4.29. The lowest BCUT2D eigenvalue weighted by atomic mass is 10.2. The highest BCUT2D eigenvalue weighted by atomic mass is 79.9. The van der Waals surface area contributed by atoms with E-state index in [1.54, 1.807) is 0 Å². The topological polar surface area (TPSA) is 42.2 Å². The molecule has 5 heteroatoms. The van der Waals surface area contributed by atoms with Crippen LogP contribution in [0.4, 0.5) is 4.39 Å². The fourth-order valence-electron chi connectivity index (χ4n) is 1.04. The van der Waals surface area contributed by atoms with Crippen LogP contribution in [-0.2, 0) is 0 Å². The Labute approximate surface area is 89.2 Å². The highest BCUT2D eigenvalue weighted by Crippen LogP contribution is 2.37. The summed E-state index contributed by atoms with van der Waals surface area (Å²) in [6.07, 6.45) is 0. The number of rotatable bonds is 2. The molecule has 3 nitrogen and oxygen atoms in total. The maximum absolute atomic E-state index is 13.2. The SMILES string of the molecule is COc1cc(F)c(Br)c(C#N)c1OC. The van der Waals surface area contributed by atoms with Crippen molar-refractivity contribution in [3.8, 4) is 17.6 Å². The number of hydrogen-bond acceptors (Lipinski definition) is 3. The zero-order chi connectivity index (χ0) is 10.7. The van der Waals surface area contributed by atoms with Gasteiger partial charge in [0.05, 0.1) is 18.7 Å². The van der Waals surface area contributed by atoms with Gasteiger partial charge in [0.25, 0.3) is 0 Å². The van der Waals surface area contributed by atoms with Crippen LogP contribution in [0.3, 0.4) is 0 Å². The highest BCUT2D eigenvalue weighted by molar-refractivity contribution is 9.10. The second-order valence-corrected chi connectivity index (χ2v) is 3.19. The van der Waals surface area contributed by atoms with Gasteiger partial charge in [-0.05, 0) is 15.9 Å². The Hall–Kier alpha value is -1.28. The number of halogens is 2. The van der Waals surface area contributed by atoms with Gasteiger partial charge in [-0.25, -0.2) is 4.39 Å². The maximum atomic E-state index is 13.2. The van der Waals surface area contributed by atoms with Crippen molar-refractivity contribution < 1.29 is 13.9 Å². The van der Waals surface area contributed by atoms with Gasteiger partial charge in [0.1, 0.15) is 17.4 Å². The average molecular weight is 260 g/mol. The van der Waals surface area contributed by atoms with Crippen LogP contribution in [0.15, 0.2) is 10.5 Å². The Bertz CT molecular complexity index is 401. The minimum atomic E-state index is -0.556. The van der Waals surface area contributed by atoms with Gasteiger partial charge in [-0.15, -0.1) is 0 Å². The number of benzene rings is 1. The molecule has 0 saturated carbocycles. The second-order valence-electron chi connectivity index (χ2n) is 2.39. The van der Waals surface area contributed by atoms with Crippen molar-refractivity contribution >= 4 is 15.9 Å². The molecule has 0 bridgehead atoms. The Balaban J connectivity index is 3.52. The lowest BCUT2D eigenvalue weighted by Crippen LogP contribution is -1.96. The van der Waals surface area contributed by atoms with Crippen LogP contribution in [0.5, 0.6) is 11.5 Å². The first-order valence-corrected chi connectivity index (χ1v) is 4.45. The summed E-state index contributed by atoms with van der Waals surface area (Å²) in [6.45, 7) is 0. The summed E-state index contributed by atoms with van der Waals surface area (Å²) >= 11 is 2.96. The van der Waals surface area contributed by atoms with E-state index < -0.39 is 5.82 Å². The van der Waals surface area contributed by atoms with E-state index in [4.69, 9.17) is 14.7 Å². The van der Waals surface area contributed by atoms with Crippen LogP contribution in [0.1, 0.15) is 5.56 Å². The highest BCUT2D eigenvalue weighted by Gasteiger charge is 2.17. The summed E-state index contributed by atoms with van der Waals surface area (Å²) in [6, 6.07) is 2.99. The summed E-state index contributed by atoms with van der Waals surface area (Å²) in [7, 11) is 2.77. The van der Waals surface area contributed by atoms with Gasteiger partial charge in [0, 0.05) is 6.07 Å². The van der Waals surface area contributed by atoms with Crippen LogP contribution < -0.4 is 9.47 Å². The Morgan fingerprint density at radius 1 is 1.43 bits per heavy atom. The van der Waals surface area contributed by atoms with Crippen LogP contribution in [0.2, 0.25) is 0 Å². The van der Waals surface area contributed by atoms with E-state index in [2.05, 4.69) is 15.9 Å². The molecule has 0 aromatic heterocycles. The Morgan fingerprint density at radius 2 is 2.07 bits per heavy atom. The number of methoxy groups -OCH3 is 2. The van der Waals surface area contributed by atoms with Gasteiger partial charge in [0.2, 0.25) is 0 Å². The van der Waals surface area contributed by atoms with Gasteiger partial charge in [-0.3, -0.25) is 0 Å². The molecule has 14 heavy (non-hydrogen) atoms. The van der Waals surface area contributed by atoms with Crippen molar-refractivity contribution in [2.45, 2.75) is 0 Å². The van der Waals surface area contributed by atoms with Crippen LogP contribution in [0.25, 0.3) is 0 Å². The van der Waals surface area contributed by atoms with Gasteiger partial charge in [-0.1, -0.05) is 0 Å². The van der Waals surface area contributed by atoms with Crippen molar-refractivity contribution in [1.82, 2.24) is 0 Å². The van der Waals surface area contributed by atoms with Crippen LogP contribution >= 0.6 is 15.9 Å². The van der Waals surface area contributed by atoms with Crippen molar-refractivity contribution in [2.24, 2.45) is 0 Å². The van der Waals surface area contributed by atoms with E-state index in [1.165, 1.54) is 14.2 Å². The predicted molar refractivity (Wildman–Crippen MR) is 51.9 cm³/mol. The standard InChI is InChI=1S/C9H7BrFNO2/c1-13-7-3-6(11)8(10)5(4-12)9(7)14-2/h3H,1-2H3. The van der Waals surface area contributed by atoms with E-state index >= 15 is 0 Å². The van der Waals surface area contributed by atoms with Gasteiger partial charge >= 0.3 is 0 Å². The van der Waals surface area contributed by atoms with Gasteiger partial charge < -0.3 is 9.47 Å². The lowest BCUT2D eigenvalue weighted by molar-refractivity contribution is 0.351. The average Bonchev–Trinajstić information content (AvgIpc) is 2.20. The first-order valence-electron chi connectivity index (χ1n) is 3.65. The predicted octanol–water partition coefficient (Wildman–Crippen LogP) is 2.48. The number of nitriles is 1. The molecule has 0 aliphatic carbocycles. The molecule has 0 amide bonds. The first kappa shape index (κ1) is 10.8. The summed E-state index contributed by atoms with van der Waals surface area (Å²) in [5.41, 5.74) is 0.0874. The van der Waals surface area contributed by atoms with E-state index in [0.717, 1.165) is 6.07 Å². The van der Waals surface area contributed by atoms with Crippen molar-refractivity contribution in [1.29, 1.82) is 5.26 Å². The molecule has 1 rings (SSSR count). The van der Waals surface area contributed by atoms with Crippen LogP contribution in [-0.4, -0.2) is 14.2 Å². The summed E-state index contributed by atoms with van der Waals surface area (Å²) in [4.78, 5) is 0. The van der Waals surface area contributed by atoms with E-state index in [9.17, 15) is 4.39 Å².